The van der Waals surface area contributed by atoms with Crippen molar-refractivity contribution < 1.29 is 4.79 Å². The first-order valence-corrected chi connectivity index (χ1v) is 10.6. The second kappa shape index (κ2) is 8.43. The van der Waals surface area contributed by atoms with Crippen LogP contribution in [0.25, 0.3) is 0 Å². The first-order chi connectivity index (χ1) is 12.8. The average Bonchev–Trinajstić information content (AvgIpc) is 3.31. The van der Waals surface area contributed by atoms with E-state index in [2.05, 4.69) is 33.3 Å². The summed E-state index contributed by atoms with van der Waals surface area (Å²) in [4.78, 5) is 17.3. The molecule has 0 bridgehead atoms. The van der Waals surface area contributed by atoms with Gasteiger partial charge < -0.3 is 10.2 Å². The third-order valence-electron chi connectivity index (χ3n) is 6.34. The van der Waals surface area contributed by atoms with Gasteiger partial charge in [0.15, 0.2) is 0 Å². The van der Waals surface area contributed by atoms with Crippen molar-refractivity contribution in [2.75, 3.05) is 42.9 Å². The lowest BCUT2D eigenvalue weighted by molar-refractivity contribution is -0.116. The maximum Gasteiger partial charge on any atom is 0.224 e. The SMILES string of the molecule is O=C(CCC1CCCC1)Nc1cccc(N2CCN(CC3CC3)CC2)c1. The van der Waals surface area contributed by atoms with E-state index in [1.165, 1.54) is 50.8 Å². The highest BCUT2D eigenvalue weighted by Gasteiger charge is 2.26. The van der Waals surface area contributed by atoms with E-state index in [1.54, 1.807) is 0 Å². The van der Waals surface area contributed by atoms with Crippen LogP contribution in [0.3, 0.4) is 0 Å². The third kappa shape index (κ3) is 5.00. The lowest BCUT2D eigenvalue weighted by Crippen LogP contribution is -2.47. The largest absolute Gasteiger partial charge is 0.369 e. The van der Waals surface area contributed by atoms with Crippen LogP contribution in [0, 0.1) is 11.8 Å². The number of amides is 1. The predicted molar refractivity (Wildman–Crippen MR) is 108 cm³/mol. The Morgan fingerprint density at radius 3 is 2.50 bits per heavy atom. The van der Waals surface area contributed by atoms with Crippen molar-refractivity contribution >= 4 is 17.3 Å². The van der Waals surface area contributed by atoms with Crippen LogP contribution in [0.2, 0.25) is 0 Å². The molecule has 1 heterocycles. The molecule has 0 aromatic heterocycles. The number of nitrogens with one attached hydrogen (secondary N) is 1. The number of rotatable bonds is 7. The lowest BCUT2D eigenvalue weighted by Gasteiger charge is -2.36. The fraction of sp³-hybridized carbons (Fsp3) is 0.682. The zero-order chi connectivity index (χ0) is 17.8. The number of hydrogen-bond acceptors (Lipinski definition) is 3. The van der Waals surface area contributed by atoms with Gasteiger partial charge in [0.2, 0.25) is 5.91 Å². The van der Waals surface area contributed by atoms with Crippen molar-refractivity contribution in [3.05, 3.63) is 24.3 Å². The van der Waals surface area contributed by atoms with Crippen molar-refractivity contribution in [1.82, 2.24) is 4.90 Å². The molecule has 1 N–H and O–H groups in total. The molecule has 1 aromatic carbocycles. The van der Waals surface area contributed by atoms with E-state index in [0.717, 1.165) is 50.1 Å². The summed E-state index contributed by atoms with van der Waals surface area (Å²) < 4.78 is 0. The van der Waals surface area contributed by atoms with E-state index in [1.807, 2.05) is 6.07 Å². The molecular formula is C22H33N3O. The Morgan fingerprint density at radius 2 is 1.77 bits per heavy atom. The van der Waals surface area contributed by atoms with Gasteiger partial charge in [-0.15, -0.1) is 0 Å². The highest BCUT2D eigenvalue weighted by atomic mass is 16.1. The first kappa shape index (κ1) is 17.8. The molecule has 2 aliphatic carbocycles. The van der Waals surface area contributed by atoms with Gasteiger partial charge in [-0.1, -0.05) is 31.7 Å². The van der Waals surface area contributed by atoms with Crippen LogP contribution in [0.4, 0.5) is 11.4 Å². The van der Waals surface area contributed by atoms with Crippen LogP contribution in [-0.4, -0.2) is 43.5 Å². The maximum atomic E-state index is 12.3. The normalized spacial score (nSPS) is 21.9. The number of hydrogen-bond donors (Lipinski definition) is 1. The van der Waals surface area contributed by atoms with Gasteiger partial charge in [0.1, 0.15) is 0 Å². The predicted octanol–water partition coefficient (Wildman–Crippen LogP) is 4.13. The fourth-order valence-electron chi connectivity index (χ4n) is 4.49. The lowest BCUT2D eigenvalue weighted by atomic mass is 10.0. The smallest absolute Gasteiger partial charge is 0.224 e. The molecule has 3 fully saturated rings. The number of nitrogens with zero attached hydrogens (tertiary/aromatic N) is 2. The molecule has 4 rings (SSSR count). The highest BCUT2D eigenvalue weighted by molar-refractivity contribution is 5.91. The Balaban J connectivity index is 1.25. The van der Waals surface area contributed by atoms with Crippen LogP contribution in [0.5, 0.6) is 0 Å². The van der Waals surface area contributed by atoms with E-state index in [0.29, 0.717) is 6.42 Å². The van der Waals surface area contributed by atoms with Gasteiger partial charge in [-0.2, -0.15) is 0 Å². The molecule has 4 nitrogen and oxygen atoms in total. The van der Waals surface area contributed by atoms with Gasteiger partial charge >= 0.3 is 0 Å². The second-order valence-corrected chi connectivity index (χ2v) is 8.52. The molecule has 142 valence electrons. The molecule has 3 aliphatic rings. The fourth-order valence-corrected chi connectivity index (χ4v) is 4.49. The van der Waals surface area contributed by atoms with Crippen molar-refractivity contribution in [3.63, 3.8) is 0 Å². The standard InChI is InChI=1S/C22H33N3O/c26-22(11-10-18-4-1-2-5-18)23-20-6-3-7-21(16-20)25-14-12-24(13-15-25)17-19-8-9-19/h3,6-7,16,18-19H,1-2,4-5,8-15,17H2,(H,23,26). The van der Waals surface area contributed by atoms with Crippen LogP contribution >= 0.6 is 0 Å². The molecule has 26 heavy (non-hydrogen) atoms. The molecule has 1 aliphatic heterocycles. The van der Waals surface area contributed by atoms with Crippen LogP contribution in [0.15, 0.2) is 24.3 Å². The van der Waals surface area contributed by atoms with Crippen molar-refractivity contribution in [2.24, 2.45) is 11.8 Å². The van der Waals surface area contributed by atoms with Crippen LogP contribution in [0.1, 0.15) is 51.4 Å². The van der Waals surface area contributed by atoms with E-state index in [-0.39, 0.29) is 5.91 Å². The van der Waals surface area contributed by atoms with E-state index in [9.17, 15) is 4.79 Å². The molecule has 0 radical (unpaired) electrons. The monoisotopic (exact) mass is 355 g/mol. The molecule has 0 atom stereocenters. The van der Waals surface area contributed by atoms with Crippen molar-refractivity contribution in [1.29, 1.82) is 0 Å². The summed E-state index contributed by atoms with van der Waals surface area (Å²) in [6, 6.07) is 8.40. The molecule has 0 unspecified atom stereocenters. The van der Waals surface area contributed by atoms with E-state index in [4.69, 9.17) is 0 Å². The minimum atomic E-state index is 0.170. The topological polar surface area (TPSA) is 35.6 Å². The third-order valence-corrected chi connectivity index (χ3v) is 6.34. The Labute approximate surface area is 157 Å². The van der Waals surface area contributed by atoms with E-state index < -0.39 is 0 Å². The summed E-state index contributed by atoms with van der Waals surface area (Å²) in [5, 5.41) is 3.11. The molecule has 1 aromatic rings. The van der Waals surface area contributed by atoms with E-state index >= 15 is 0 Å². The zero-order valence-corrected chi connectivity index (χ0v) is 16.0. The molecular weight excluding hydrogens is 322 g/mol. The Morgan fingerprint density at radius 1 is 1.00 bits per heavy atom. The quantitative estimate of drug-likeness (QED) is 0.799. The summed E-state index contributed by atoms with van der Waals surface area (Å²) >= 11 is 0. The number of anilines is 2. The summed E-state index contributed by atoms with van der Waals surface area (Å²) in [7, 11) is 0. The highest BCUT2D eigenvalue weighted by Crippen LogP contribution is 2.31. The number of benzene rings is 1. The van der Waals surface area contributed by atoms with Gasteiger partial charge in [-0.3, -0.25) is 9.69 Å². The summed E-state index contributed by atoms with van der Waals surface area (Å²) in [6.07, 6.45) is 9.91. The molecule has 0 spiro atoms. The Kier molecular flexibility index (Phi) is 5.78. The van der Waals surface area contributed by atoms with Gasteiger partial charge in [0, 0.05) is 50.5 Å². The molecule has 1 saturated heterocycles. The first-order valence-electron chi connectivity index (χ1n) is 10.6. The van der Waals surface area contributed by atoms with Crippen molar-refractivity contribution in [3.8, 4) is 0 Å². The second-order valence-electron chi connectivity index (χ2n) is 8.52. The number of carbonyl (C=O) groups excluding carboxylic acids is 1. The minimum absolute atomic E-state index is 0.170. The van der Waals surface area contributed by atoms with Crippen molar-refractivity contribution in [2.45, 2.75) is 51.4 Å². The van der Waals surface area contributed by atoms with Crippen LogP contribution < -0.4 is 10.2 Å². The summed E-state index contributed by atoms with van der Waals surface area (Å²) in [6.45, 7) is 5.80. The minimum Gasteiger partial charge on any atom is -0.369 e. The Bertz CT molecular complexity index is 599. The van der Waals surface area contributed by atoms with Gasteiger partial charge in [0.05, 0.1) is 0 Å². The summed E-state index contributed by atoms with van der Waals surface area (Å²) in [5.41, 5.74) is 2.18. The zero-order valence-electron chi connectivity index (χ0n) is 16.0. The number of carbonyl (C=O) groups is 1. The molecule has 4 heteroatoms. The summed E-state index contributed by atoms with van der Waals surface area (Å²) in [5.74, 6) is 1.92. The number of piperazine rings is 1. The molecule has 1 amide bonds. The Hall–Kier alpha value is -1.55. The van der Waals surface area contributed by atoms with Gasteiger partial charge in [-0.05, 0) is 49.3 Å². The van der Waals surface area contributed by atoms with Gasteiger partial charge in [-0.25, -0.2) is 0 Å². The maximum absolute atomic E-state index is 12.3. The van der Waals surface area contributed by atoms with Crippen LogP contribution in [-0.2, 0) is 4.79 Å². The molecule has 2 saturated carbocycles. The average molecular weight is 356 g/mol. The van der Waals surface area contributed by atoms with Gasteiger partial charge in [0.25, 0.3) is 0 Å².